The van der Waals surface area contributed by atoms with Crippen LogP contribution in [0.5, 0.6) is 0 Å². The van der Waals surface area contributed by atoms with Gasteiger partial charge < -0.3 is 19.9 Å². The molecule has 122 valence electrons. The average molecular weight is 363 g/mol. The Morgan fingerprint density at radius 2 is 2.05 bits per heavy atom. The number of methoxy groups -OCH3 is 1. The number of hydrogen-bond donors (Lipinski definition) is 2. The molecule has 2 rings (SSSR count). The summed E-state index contributed by atoms with van der Waals surface area (Å²) >= 11 is 17.4. The van der Waals surface area contributed by atoms with Crippen LogP contribution in [0.3, 0.4) is 0 Å². The van der Waals surface area contributed by atoms with Gasteiger partial charge in [0.2, 0.25) is 0 Å². The molecule has 7 heteroatoms. The smallest absolute Gasteiger partial charge is 0.169 e. The average Bonchev–Trinajstić information content (AvgIpc) is 2.52. The van der Waals surface area contributed by atoms with Crippen LogP contribution < -0.4 is 10.2 Å². The summed E-state index contributed by atoms with van der Waals surface area (Å²) in [5.74, 6) is 0. The van der Waals surface area contributed by atoms with Crippen LogP contribution in [-0.4, -0.2) is 56.5 Å². The lowest BCUT2D eigenvalue weighted by Gasteiger charge is -2.34. The maximum Gasteiger partial charge on any atom is 0.169 e. The number of thiocarbonyl (C=S) groups is 1. The molecule has 0 unspecified atom stereocenters. The molecular weight excluding hydrogens is 341 g/mol. The Labute approximate surface area is 147 Å². The third kappa shape index (κ3) is 5.25. The van der Waals surface area contributed by atoms with Gasteiger partial charge in [-0.05, 0) is 24.4 Å². The molecule has 1 heterocycles. The molecule has 0 bridgehead atoms. The highest BCUT2D eigenvalue weighted by atomic mass is 35.5. The van der Waals surface area contributed by atoms with E-state index in [4.69, 9.17) is 40.2 Å². The number of nitrogens with zero attached hydrogens (tertiary/aromatic N) is 1. The van der Waals surface area contributed by atoms with Crippen LogP contribution >= 0.6 is 35.4 Å². The molecule has 0 amide bonds. The predicted octanol–water partition coefficient (Wildman–Crippen LogP) is 1.21. The summed E-state index contributed by atoms with van der Waals surface area (Å²) in [6.07, 6.45) is 0. The number of hydrogen-bond acceptors (Lipinski definition) is 2. The van der Waals surface area contributed by atoms with Crippen molar-refractivity contribution in [2.24, 2.45) is 0 Å². The fraction of sp³-hybridized carbons (Fsp3) is 0.533. The van der Waals surface area contributed by atoms with Gasteiger partial charge in [0.15, 0.2) is 5.11 Å². The summed E-state index contributed by atoms with van der Waals surface area (Å²) in [5.41, 5.74) is 1.22. The van der Waals surface area contributed by atoms with E-state index in [0.29, 0.717) is 16.7 Å². The molecule has 2 N–H and O–H groups in total. The standard InChI is InChI=1S/C15H21Cl2N3OS/c1-21-9-4-18-15(22)20-7-5-19(6-8-20)11-12-2-3-13(16)14(17)10-12/h2-3,10H,4-9,11H2,1H3,(H,18,22)/p+1. The second-order valence-corrected chi connectivity index (χ2v) is 6.59. The first-order valence-electron chi connectivity index (χ1n) is 7.39. The van der Waals surface area contributed by atoms with E-state index in [2.05, 4.69) is 10.2 Å². The molecule has 22 heavy (non-hydrogen) atoms. The van der Waals surface area contributed by atoms with Crippen molar-refractivity contribution in [1.82, 2.24) is 10.2 Å². The third-order valence-electron chi connectivity index (χ3n) is 3.78. The molecule has 4 nitrogen and oxygen atoms in total. The highest BCUT2D eigenvalue weighted by Gasteiger charge is 2.21. The molecule has 0 saturated carbocycles. The van der Waals surface area contributed by atoms with Crippen LogP contribution in [0.2, 0.25) is 10.0 Å². The van der Waals surface area contributed by atoms with Gasteiger partial charge in [0, 0.05) is 19.2 Å². The van der Waals surface area contributed by atoms with Crippen LogP contribution in [0, 0.1) is 0 Å². The van der Waals surface area contributed by atoms with Crippen molar-refractivity contribution in [2.45, 2.75) is 6.54 Å². The van der Waals surface area contributed by atoms with E-state index in [1.807, 2.05) is 18.2 Å². The maximum absolute atomic E-state index is 6.07. The number of rotatable bonds is 5. The molecule has 0 radical (unpaired) electrons. The summed E-state index contributed by atoms with van der Waals surface area (Å²) in [6, 6.07) is 5.87. The van der Waals surface area contributed by atoms with E-state index in [-0.39, 0.29) is 0 Å². The molecule has 0 aromatic heterocycles. The van der Waals surface area contributed by atoms with Crippen molar-refractivity contribution in [1.29, 1.82) is 0 Å². The minimum atomic E-state index is 0.609. The number of halogens is 2. The van der Waals surface area contributed by atoms with Gasteiger partial charge in [0.25, 0.3) is 0 Å². The monoisotopic (exact) mass is 362 g/mol. The van der Waals surface area contributed by atoms with Crippen molar-refractivity contribution in [3.63, 3.8) is 0 Å². The first-order valence-corrected chi connectivity index (χ1v) is 8.56. The second kappa shape index (κ2) is 8.89. The molecule has 0 atom stereocenters. The highest BCUT2D eigenvalue weighted by molar-refractivity contribution is 7.80. The Morgan fingerprint density at radius 1 is 1.32 bits per heavy atom. The van der Waals surface area contributed by atoms with Gasteiger partial charge in [-0.2, -0.15) is 0 Å². The van der Waals surface area contributed by atoms with Gasteiger partial charge in [-0.1, -0.05) is 29.3 Å². The van der Waals surface area contributed by atoms with E-state index in [1.165, 1.54) is 10.5 Å². The van der Waals surface area contributed by atoms with E-state index < -0.39 is 0 Å². The third-order valence-corrected chi connectivity index (χ3v) is 4.92. The fourth-order valence-electron chi connectivity index (χ4n) is 2.51. The Bertz CT molecular complexity index is 508. The molecule has 1 aromatic carbocycles. The van der Waals surface area contributed by atoms with Gasteiger partial charge in [-0.3, -0.25) is 0 Å². The number of ether oxygens (including phenoxy) is 1. The minimum Gasteiger partial charge on any atom is -0.383 e. The van der Waals surface area contributed by atoms with Gasteiger partial charge in [0.05, 0.1) is 42.8 Å². The maximum atomic E-state index is 6.07. The summed E-state index contributed by atoms with van der Waals surface area (Å²) < 4.78 is 5.02. The highest BCUT2D eigenvalue weighted by Crippen LogP contribution is 2.22. The number of benzene rings is 1. The predicted molar refractivity (Wildman–Crippen MR) is 94.9 cm³/mol. The van der Waals surface area contributed by atoms with Gasteiger partial charge in [0.1, 0.15) is 6.54 Å². The minimum absolute atomic E-state index is 0.609. The van der Waals surface area contributed by atoms with Crippen LogP contribution in [0.1, 0.15) is 5.56 Å². The molecule has 0 aliphatic carbocycles. The quantitative estimate of drug-likeness (QED) is 0.608. The molecule has 1 aliphatic heterocycles. The van der Waals surface area contributed by atoms with E-state index >= 15 is 0 Å². The second-order valence-electron chi connectivity index (χ2n) is 5.39. The largest absolute Gasteiger partial charge is 0.383 e. The topological polar surface area (TPSA) is 28.9 Å². The van der Waals surface area contributed by atoms with Crippen molar-refractivity contribution in [3.8, 4) is 0 Å². The van der Waals surface area contributed by atoms with Crippen LogP contribution in [0.15, 0.2) is 18.2 Å². The van der Waals surface area contributed by atoms with E-state index in [9.17, 15) is 0 Å². The summed E-state index contributed by atoms with van der Waals surface area (Å²) in [5, 5.41) is 5.28. The van der Waals surface area contributed by atoms with Crippen LogP contribution in [-0.2, 0) is 11.3 Å². The van der Waals surface area contributed by atoms with Crippen LogP contribution in [0.25, 0.3) is 0 Å². The molecule has 1 saturated heterocycles. The number of nitrogens with one attached hydrogen (secondary N) is 2. The first kappa shape index (κ1) is 17.8. The van der Waals surface area contributed by atoms with Crippen molar-refractivity contribution >= 4 is 40.5 Å². The molecule has 1 aliphatic rings. The molecule has 1 fully saturated rings. The lowest BCUT2D eigenvalue weighted by molar-refractivity contribution is -0.917. The van der Waals surface area contributed by atoms with Gasteiger partial charge in [-0.15, -0.1) is 0 Å². The fourth-order valence-corrected chi connectivity index (χ4v) is 3.12. The van der Waals surface area contributed by atoms with Crippen molar-refractivity contribution < 1.29 is 9.64 Å². The Morgan fingerprint density at radius 3 is 2.68 bits per heavy atom. The molecule has 0 spiro atoms. The van der Waals surface area contributed by atoms with Gasteiger partial charge in [-0.25, -0.2) is 0 Å². The zero-order valence-electron chi connectivity index (χ0n) is 12.7. The van der Waals surface area contributed by atoms with Crippen molar-refractivity contribution in [3.05, 3.63) is 33.8 Å². The van der Waals surface area contributed by atoms with E-state index in [0.717, 1.165) is 44.4 Å². The lowest BCUT2D eigenvalue weighted by Crippen LogP contribution is -3.13. The Kier molecular flexibility index (Phi) is 7.18. The number of quaternary nitrogens is 1. The Balaban J connectivity index is 1.77. The summed E-state index contributed by atoms with van der Waals surface area (Å²) in [7, 11) is 1.69. The van der Waals surface area contributed by atoms with E-state index in [1.54, 1.807) is 7.11 Å². The normalized spacial score (nSPS) is 15.9. The SMILES string of the molecule is COCCNC(=S)N1CC[NH+](Cc2ccc(Cl)c(Cl)c2)CC1. The first-order chi connectivity index (χ1) is 10.6. The zero-order chi connectivity index (χ0) is 15.9. The molecular formula is C15H22Cl2N3OS+. The Hall–Kier alpha value is -0.590. The number of piperazine rings is 1. The summed E-state index contributed by atoms with van der Waals surface area (Å²) in [4.78, 5) is 3.76. The molecule has 1 aromatic rings. The lowest BCUT2D eigenvalue weighted by atomic mass is 10.2. The van der Waals surface area contributed by atoms with Gasteiger partial charge >= 0.3 is 0 Å². The van der Waals surface area contributed by atoms with Crippen LogP contribution in [0.4, 0.5) is 0 Å². The zero-order valence-corrected chi connectivity index (χ0v) is 15.0. The van der Waals surface area contributed by atoms with Crippen molar-refractivity contribution in [2.75, 3.05) is 46.4 Å². The summed E-state index contributed by atoms with van der Waals surface area (Å²) in [6.45, 7) is 6.45.